The van der Waals surface area contributed by atoms with Gasteiger partial charge >= 0.3 is 0 Å². The number of furan rings is 1. The van der Waals surface area contributed by atoms with Gasteiger partial charge < -0.3 is 4.42 Å². The van der Waals surface area contributed by atoms with E-state index in [0.29, 0.717) is 34.0 Å². The van der Waals surface area contributed by atoms with Crippen LogP contribution in [-0.2, 0) is 7.05 Å². The second kappa shape index (κ2) is 8.95. The van der Waals surface area contributed by atoms with Crippen LogP contribution in [-0.4, -0.2) is 0 Å². The molecule has 0 unspecified atom stereocenters. The van der Waals surface area contributed by atoms with Crippen molar-refractivity contribution in [3.8, 4) is 22.4 Å². The molecule has 0 fully saturated rings. The van der Waals surface area contributed by atoms with E-state index < -0.39 is 5.89 Å². The van der Waals surface area contributed by atoms with E-state index in [1.807, 2.05) is 49.7 Å². The van der Waals surface area contributed by atoms with Gasteiger partial charge in [-0.3, -0.25) is 0 Å². The average Bonchev–Trinajstić information content (AvgIpc) is 3.26. The van der Waals surface area contributed by atoms with Gasteiger partial charge in [0.05, 0.1) is 14.9 Å². The van der Waals surface area contributed by atoms with Crippen molar-refractivity contribution < 1.29 is 13.1 Å². The Morgan fingerprint density at radius 1 is 0.889 bits per heavy atom. The summed E-state index contributed by atoms with van der Waals surface area (Å²) in [5.74, 6) is -0.603. The van der Waals surface area contributed by atoms with Crippen molar-refractivity contribution in [3.05, 3.63) is 94.4 Å². The van der Waals surface area contributed by atoms with Crippen LogP contribution in [0.5, 0.6) is 0 Å². The van der Waals surface area contributed by atoms with Gasteiger partial charge in [0.2, 0.25) is 5.69 Å². The Morgan fingerprint density at radius 2 is 1.53 bits per heavy atom. The fourth-order valence-corrected chi connectivity index (χ4v) is 5.04. The molecule has 2 aromatic heterocycles. The van der Waals surface area contributed by atoms with E-state index in [4.69, 9.17) is 15.1 Å². The molecule has 3 heteroatoms. The van der Waals surface area contributed by atoms with Gasteiger partial charge in [-0.05, 0) is 41.5 Å². The Labute approximate surface area is 218 Å². The quantitative estimate of drug-likeness (QED) is 0.187. The summed E-state index contributed by atoms with van der Waals surface area (Å²) in [6.07, 6.45) is 0. The summed E-state index contributed by atoms with van der Waals surface area (Å²) in [5.41, 5.74) is 8.30. The number of pyridine rings is 1. The smallest absolute Gasteiger partial charge is 0.216 e. The summed E-state index contributed by atoms with van der Waals surface area (Å²) < 4.78 is 35.0. The van der Waals surface area contributed by atoms with Gasteiger partial charge in [-0.1, -0.05) is 76.2 Å². The van der Waals surface area contributed by atoms with Crippen molar-refractivity contribution >= 4 is 27.6 Å². The first-order valence-electron chi connectivity index (χ1n) is 13.8. The van der Waals surface area contributed by atoms with Crippen LogP contribution in [0.2, 0.25) is 0 Å². The van der Waals surface area contributed by atoms with Crippen molar-refractivity contribution in [2.75, 3.05) is 0 Å². The number of hydrogen-bond acceptors (Lipinski definition) is 1. The Hall–Kier alpha value is -3.90. The number of aromatic nitrogens is 1. The van der Waals surface area contributed by atoms with Crippen molar-refractivity contribution in [3.63, 3.8) is 0 Å². The number of aryl methyl sites for hydroxylation is 1. The molecule has 0 N–H and O–H groups in total. The van der Waals surface area contributed by atoms with Crippen molar-refractivity contribution in [2.24, 2.45) is 7.05 Å². The lowest BCUT2D eigenvalue weighted by atomic mass is 9.95. The zero-order valence-electron chi connectivity index (χ0n) is 25.0. The summed E-state index contributed by atoms with van der Waals surface area (Å²) in [6, 6.07) is 16.3. The third-order valence-corrected chi connectivity index (χ3v) is 7.23. The molecule has 0 aliphatic rings. The van der Waals surface area contributed by atoms with Gasteiger partial charge in [-0.2, -0.15) is 4.57 Å². The SMILES string of the molecule is [2H]c1c([2H])c(-c2c(C)ccc3c2oc2c(-c4ccc(C(C)C)cc4)c([N+]#[C-])ccc23)[n+](C)c(C)c1C([2H])(C)C. The average molecular weight is 477 g/mol. The minimum atomic E-state index is -1.01. The van der Waals surface area contributed by atoms with Crippen LogP contribution < -0.4 is 4.57 Å². The van der Waals surface area contributed by atoms with E-state index in [2.05, 4.69) is 43.0 Å². The van der Waals surface area contributed by atoms with E-state index in [1.54, 1.807) is 13.8 Å². The van der Waals surface area contributed by atoms with Crippen LogP contribution in [0, 0.1) is 20.4 Å². The highest BCUT2D eigenvalue weighted by molar-refractivity contribution is 6.15. The molecular formula is C33H33N2O+. The van der Waals surface area contributed by atoms with Crippen LogP contribution in [0.25, 0.3) is 49.2 Å². The first-order valence-corrected chi connectivity index (χ1v) is 12.3. The van der Waals surface area contributed by atoms with E-state index in [9.17, 15) is 0 Å². The summed E-state index contributed by atoms with van der Waals surface area (Å²) in [6.45, 7) is 19.6. The number of fused-ring (bicyclic) bond motifs is 3. The second-order valence-electron chi connectivity index (χ2n) is 10.1. The third-order valence-electron chi connectivity index (χ3n) is 7.23. The van der Waals surface area contributed by atoms with Crippen LogP contribution in [0.3, 0.4) is 0 Å². The van der Waals surface area contributed by atoms with E-state index >= 15 is 0 Å². The monoisotopic (exact) mass is 476 g/mol. The summed E-state index contributed by atoms with van der Waals surface area (Å²) in [5, 5.41) is 1.80. The maximum atomic E-state index is 9.02. The molecule has 5 rings (SSSR count). The summed E-state index contributed by atoms with van der Waals surface area (Å²) in [4.78, 5) is 3.82. The van der Waals surface area contributed by atoms with Crippen molar-refractivity contribution in [2.45, 2.75) is 53.4 Å². The highest BCUT2D eigenvalue weighted by Gasteiger charge is 2.25. The van der Waals surface area contributed by atoms with Gasteiger partial charge in [0, 0.05) is 36.2 Å². The first kappa shape index (κ1) is 20.3. The summed E-state index contributed by atoms with van der Waals surface area (Å²) in [7, 11) is 1.89. The number of hydrogen-bond donors (Lipinski definition) is 0. The first-order chi connectivity index (χ1) is 18.4. The highest BCUT2D eigenvalue weighted by Crippen LogP contribution is 2.44. The number of nitrogens with zero attached hydrogens (tertiary/aromatic N) is 2. The molecule has 3 nitrogen and oxygen atoms in total. The molecule has 0 radical (unpaired) electrons. The van der Waals surface area contributed by atoms with Crippen molar-refractivity contribution in [1.29, 1.82) is 0 Å². The molecular weight excluding hydrogens is 440 g/mol. The van der Waals surface area contributed by atoms with Crippen LogP contribution >= 0.6 is 0 Å². The minimum Gasteiger partial charge on any atom is -0.456 e. The maximum absolute atomic E-state index is 9.02. The largest absolute Gasteiger partial charge is 0.456 e. The minimum absolute atomic E-state index is 0.0642. The predicted octanol–water partition coefficient (Wildman–Crippen LogP) is 9.16. The Balaban J connectivity index is 1.88. The third kappa shape index (κ3) is 3.69. The molecule has 180 valence electrons. The lowest BCUT2D eigenvalue weighted by molar-refractivity contribution is -0.667. The van der Waals surface area contributed by atoms with Gasteiger partial charge in [0.1, 0.15) is 18.2 Å². The van der Waals surface area contributed by atoms with E-state index in [-0.39, 0.29) is 12.1 Å². The zero-order chi connectivity index (χ0) is 28.4. The molecule has 3 aromatic carbocycles. The van der Waals surface area contributed by atoms with Crippen LogP contribution in [0.15, 0.2) is 65.0 Å². The molecule has 0 atom stereocenters. The standard InChI is InChI=1S/C33H33N2O/c1-19(2)23-10-12-24(13-11-23)31-28(34-7)17-15-27-26-14-9-21(5)30(32(26)36-33(27)31)29-18-16-25(20(3)4)22(6)35(29)8/h9-20H,1-6,8H3/q+1/i16D,18D,20D. The van der Waals surface area contributed by atoms with Crippen LogP contribution in [0.1, 0.15) is 66.0 Å². The fraction of sp³-hybridized carbons (Fsp3) is 0.273. The predicted molar refractivity (Wildman–Crippen MR) is 150 cm³/mol. The molecule has 0 spiro atoms. The molecule has 0 saturated heterocycles. The topological polar surface area (TPSA) is 21.4 Å². The molecule has 0 saturated carbocycles. The lowest BCUT2D eigenvalue weighted by Gasteiger charge is -2.11. The molecule has 0 aliphatic carbocycles. The molecule has 2 heterocycles. The lowest BCUT2D eigenvalue weighted by Crippen LogP contribution is -2.36. The summed E-state index contributed by atoms with van der Waals surface area (Å²) >= 11 is 0. The Morgan fingerprint density at radius 3 is 2.14 bits per heavy atom. The number of benzene rings is 3. The molecule has 0 amide bonds. The maximum Gasteiger partial charge on any atom is 0.216 e. The van der Waals surface area contributed by atoms with Gasteiger partial charge in [-0.15, -0.1) is 0 Å². The molecule has 36 heavy (non-hydrogen) atoms. The van der Waals surface area contributed by atoms with Crippen LogP contribution in [0.4, 0.5) is 5.69 Å². The van der Waals surface area contributed by atoms with Crippen molar-refractivity contribution in [1.82, 2.24) is 0 Å². The molecule has 0 bridgehead atoms. The fourth-order valence-electron chi connectivity index (χ4n) is 5.04. The zero-order valence-corrected chi connectivity index (χ0v) is 22.0. The molecule has 0 aliphatic heterocycles. The molecule has 5 aromatic rings. The Bertz CT molecular complexity index is 1790. The van der Waals surface area contributed by atoms with Gasteiger partial charge in [0.15, 0.2) is 11.4 Å². The van der Waals surface area contributed by atoms with Gasteiger partial charge in [-0.25, -0.2) is 4.85 Å². The van der Waals surface area contributed by atoms with E-state index in [0.717, 1.165) is 38.7 Å². The number of rotatable bonds is 4. The highest BCUT2D eigenvalue weighted by atomic mass is 16.3. The second-order valence-corrected chi connectivity index (χ2v) is 10.1. The van der Waals surface area contributed by atoms with E-state index in [1.165, 1.54) is 5.56 Å². The normalized spacial score (nSPS) is 13.1. The van der Waals surface area contributed by atoms with Gasteiger partial charge in [0.25, 0.3) is 0 Å². The Kier molecular flexibility index (Phi) is 5.05.